The Labute approximate surface area is 149 Å². The summed E-state index contributed by atoms with van der Waals surface area (Å²) in [6, 6.07) is 12.7. The fourth-order valence-electron chi connectivity index (χ4n) is 3.59. The first-order valence-electron chi connectivity index (χ1n) is 9.34. The van der Waals surface area contributed by atoms with Crippen LogP contribution in [0.1, 0.15) is 54.8 Å². The second-order valence-corrected chi connectivity index (χ2v) is 7.46. The third-order valence-corrected chi connectivity index (χ3v) is 5.35. The lowest BCUT2D eigenvalue weighted by molar-refractivity contribution is -0.128. The molecular weight excluding hydrogens is 312 g/mol. The SMILES string of the molecule is CC1CC1c1ccc(CNCc2ccc(CN3CCCC3=O)cc2)o1. The van der Waals surface area contributed by atoms with Crippen LogP contribution in [0.5, 0.6) is 0 Å². The molecule has 1 aliphatic carbocycles. The molecule has 2 aliphatic rings. The van der Waals surface area contributed by atoms with Crippen LogP contribution in [0.25, 0.3) is 0 Å². The molecule has 1 aromatic heterocycles. The molecule has 4 rings (SSSR count). The lowest BCUT2D eigenvalue weighted by atomic mass is 10.1. The first-order chi connectivity index (χ1) is 12.2. The Balaban J connectivity index is 1.24. The van der Waals surface area contributed by atoms with Crippen LogP contribution < -0.4 is 5.32 Å². The minimum atomic E-state index is 0.282. The molecule has 0 radical (unpaired) electrons. The van der Waals surface area contributed by atoms with Gasteiger partial charge >= 0.3 is 0 Å². The molecule has 1 amide bonds. The summed E-state index contributed by atoms with van der Waals surface area (Å²) in [6.45, 7) is 5.48. The molecule has 2 heterocycles. The van der Waals surface area contributed by atoms with Crippen LogP contribution >= 0.6 is 0 Å². The molecule has 2 atom stereocenters. The highest BCUT2D eigenvalue weighted by atomic mass is 16.3. The van der Waals surface area contributed by atoms with E-state index in [1.807, 2.05) is 4.90 Å². The van der Waals surface area contributed by atoms with Crippen LogP contribution in [0.3, 0.4) is 0 Å². The fourth-order valence-corrected chi connectivity index (χ4v) is 3.59. The number of amides is 1. The summed E-state index contributed by atoms with van der Waals surface area (Å²) < 4.78 is 5.92. The van der Waals surface area contributed by atoms with Crippen LogP contribution in [-0.4, -0.2) is 17.4 Å². The maximum Gasteiger partial charge on any atom is 0.222 e. The van der Waals surface area contributed by atoms with Gasteiger partial charge in [0.25, 0.3) is 0 Å². The van der Waals surface area contributed by atoms with Crippen molar-refractivity contribution in [1.82, 2.24) is 10.2 Å². The Bertz CT molecular complexity index is 735. The zero-order valence-electron chi connectivity index (χ0n) is 14.8. The second-order valence-electron chi connectivity index (χ2n) is 7.46. The standard InChI is InChI=1S/C21H26N2O2/c1-15-11-19(15)20-9-8-18(25-20)13-22-12-16-4-6-17(7-5-16)14-23-10-2-3-21(23)24/h4-9,15,19,22H,2-3,10-14H2,1H3. The molecular formula is C21H26N2O2. The Morgan fingerprint density at radius 1 is 1.12 bits per heavy atom. The average molecular weight is 338 g/mol. The summed E-state index contributed by atoms with van der Waals surface area (Å²) in [4.78, 5) is 13.6. The number of likely N-dealkylation sites (tertiary alicyclic amines) is 1. The largest absolute Gasteiger partial charge is 0.464 e. The van der Waals surface area contributed by atoms with Gasteiger partial charge in [-0.3, -0.25) is 4.79 Å². The lowest BCUT2D eigenvalue weighted by Crippen LogP contribution is -2.23. The number of nitrogens with one attached hydrogen (secondary N) is 1. The molecule has 25 heavy (non-hydrogen) atoms. The topological polar surface area (TPSA) is 45.5 Å². The van der Waals surface area contributed by atoms with Gasteiger partial charge in [-0.1, -0.05) is 31.2 Å². The lowest BCUT2D eigenvalue weighted by Gasteiger charge is -2.15. The van der Waals surface area contributed by atoms with E-state index in [1.165, 1.54) is 17.5 Å². The van der Waals surface area contributed by atoms with E-state index >= 15 is 0 Å². The summed E-state index contributed by atoms with van der Waals surface area (Å²) in [5, 5.41) is 3.44. The monoisotopic (exact) mass is 338 g/mol. The third-order valence-electron chi connectivity index (χ3n) is 5.35. The Morgan fingerprint density at radius 2 is 1.88 bits per heavy atom. The number of hydrogen-bond acceptors (Lipinski definition) is 3. The molecule has 2 unspecified atom stereocenters. The highest BCUT2D eigenvalue weighted by Crippen LogP contribution is 2.47. The van der Waals surface area contributed by atoms with E-state index in [-0.39, 0.29) is 5.91 Å². The molecule has 132 valence electrons. The van der Waals surface area contributed by atoms with Gasteiger partial charge in [0.15, 0.2) is 0 Å². The van der Waals surface area contributed by atoms with E-state index in [2.05, 4.69) is 48.6 Å². The van der Waals surface area contributed by atoms with Crippen LogP contribution in [0.4, 0.5) is 0 Å². The van der Waals surface area contributed by atoms with E-state index in [1.54, 1.807) is 0 Å². The number of carbonyl (C=O) groups excluding carboxylic acids is 1. The molecule has 2 aromatic rings. The van der Waals surface area contributed by atoms with Crippen molar-refractivity contribution >= 4 is 5.91 Å². The van der Waals surface area contributed by atoms with Crippen LogP contribution in [0, 0.1) is 5.92 Å². The maximum absolute atomic E-state index is 11.7. The first-order valence-corrected chi connectivity index (χ1v) is 9.34. The summed E-state index contributed by atoms with van der Waals surface area (Å²) in [5.41, 5.74) is 2.45. The van der Waals surface area contributed by atoms with Gasteiger partial charge in [0.05, 0.1) is 6.54 Å². The molecule has 0 bridgehead atoms. The van der Waals surface area contributed by atoms with Crippen molar-refractivity contribution in [2.75, 3.05) is 6.54 Å². The summed E-state index contributed by atoms with van der Waals surface area (Å²) in [6.07, 6.45) is 2.96. The van der Waals surface area contributed by atoms with E-state index in [9.17, 15) is 4.79 Å². The number of rotatable bonds is 7. The van der Waals surface area contributed by atoms with Gasteiger partial charge in [-0.25, -0.2) is 0 Å². The van der Waals surface area contributed by atoms with E-state index in [4.69, 9.17) is 4.42 Å². The number of hydrogen-bond donors (Lipinski definition) is 1. The Hall–Kier alpha value is -2.07. The number of furan rings is 1. The van der Waals surface area contributed by atoms with Crippen molar-refractivity contribution in [3.05, 3.63) is 59.0 Å². The zero-order valence-corrected chi connectivity index (χ0v) is 14.8. The molecule has 4 heteroatoms. The molecule has 0 spiro atoms. The minimum Gasteiger partial charge on any atom is -0.464 e. The van der Waals surface area contributed by atoms with Crippen molar-refractivity contribution < 1.29 is 9.21 Å². The molecule has 1 saturated heterocycles. The normalized spacial score (nSPS) is 22.6. The molecule has 1 aliphatic heterocycles. The van der Waals surface area contributed by atoms with Gasteiger partial charge in [0.2, 0.25) is 5.91 Å². The van der Waals surface area contributed by atoms with Gasteiger partial charge in [-0.15, -0.1) is 0 Å². The van der Waals surface area contributed by atoms with Gasteiger partial charge in [0.1, 0.15) is 11.5 Å². The maximum atomic E-state index is 11.7. The smallest absolute Gasteiger partial charge is 0.222 e. The zero-order chi connectivity index (χ0) is 17.2. The summed E-state index contributed by atoms with van der Waals surface area (Å²) >= 11 is 0. The Kier molecular flexibility index (Phi) is 4.62. The minimum absolute atomic E-state index is 0.282. The summed E-state index contributed by atoms with van der Waals surface area (Å²) in [5.74, 6) is 3.86. The second kappa shape index (κ2) is 7.04. The highest BCUT2D eigenvalue weighted by Gasteiger charge is 2.36. The Morgan fingerprint density at radius 3 is 2.56 bits per heavy atom. The quantitative estimate of drug-likeness (QED) is 0.835. The van der Waals surface area contributed by atoms with Gasteiger partial charge < -0.3 is 14.6 Å². The van der Waals surface area contributed by atoms with E-state index in [0.29, 0.717) is 12.3 Å². The van der Waals surface area contributed by atoms with Gasteiger partial charge in [-0.05, 0) is 42.0 Å². The molecule has 1 aromatic carbocycles. The fraction of sp³-hybridized carbons (Fsp3) is 0.476. The summed E-state index contributed by atoms with van der Waals surface area (Å²) in [7, 11) is 0. The van der Waals surface area contributed by atoms with Crippen LogP contribution in [0.2, 0.25) is 0 Å². The van der Waals surface area contributed by atoms with Crippen molar-refractivity contribution in [2.45, 2.75) is 51.7 Å². The predicted molar refractivity (Wildman–Crippen MR) is 96.9 cm³/mol. The van der Waals surface area contributed by atoms with Crippen LogP contribution in [0.15, 0.2) is 40.8 Å². The predicted octanol–water partition coefficient (Wildman–Crippen LogP) is 3.82. The average Bonchev–Trinajstić information content (AvgIpc) is 2.98. The molecule has 1 saturated carbocycles. The van der Waals surface area contributed by atoms with E-state index < -0.39 is 0 Å². The van der Waals surface area contributed by atoms with Gasteiger partial charge in [-0.2, -0.15) is 0 Å². The number of carbonyl (C=O) groups is 1. The van der Waals surface area contributed by atoms with Crippen molar-refractivity contribution in [3.63, 3.8) is 0 Å². The van der Waals surface area contributed by atoms with E-state index in [0.717, 1.165) is 50.0 Å². The molecule has 2 fully saturated rings. The van der Waals surface area contributed by atoms with Crippen molar-refractivity contribution in [1.29, 1.82) is 0 Å². The highest BCUT2D eigenvalue weighted by molar-refractivity contribution is 5.78. The first kappa shape index (κ1) is 16.4. The van der Waals surface area contributed by atoms with Gasteiger partial charge in [0, 0.05) is 32.0 Å². The number of nitrogens with zero attached hydrogens (tertiary/aromatic N) is 1. The van der Waals surface area contributed by atoms with Crippen molar-refractivity contribution in [2.24, 2.45) is 5.92 Å². The molecule has 4 nitrogen and oxygen atoms in total. The molecule has 1 N–H and O–H groups in total. The van der Waals surface area contributed by atoms with Crippen LogP contribution in [-0.2, 0) is 24.4 Å². The van der Waals surface area contributed by atoms with Crippen molar-refractivity contribution in [3.8, 4) is 0 Å². The number of benzene rings is 1. The third kappa shape index (κ3) is 3.96.